The van der Waals surface area contributed by atoms with Crippen molar-refractivity contribution in [3.05, 3.63) is 65.7 Å². The van der Waals surface area contributed by atoms with Gasteiger partial charge in [0.05, 0.1) is 0 Å². The number of nitrogens with zero attached hydrogens (tertiary/aromatic N) is 1. The third-order valence-electron chi connectivity index (χ3n) is 3.32. The van der Waals surface area contributed by atoms with Gasteiger partial charge in [-0.2, -0.15) is 0 Å². The molecule has 22 heavy (non-hydrogen) atoms. The Bertz CT molecular complexity index is 721. The van der Waals surface area contributed by atoms with E-state index >= 15 is 0 Å². The molecule has 0 radical (unpaired) electrons. The standard InChI is InChI=1S/C18H18NS2.BrH/c1-3-20-18-17(15-11-9-14(2)10-12-15)21-13-19(18)16-7-5-4-6-8-16;/h4-13H,3H2,1-2H3;1H/q+1;/p-1. The first kappa shape index (κ1) is 17.3. The summed E-state index contributed by atoms with van der Waals surface area (Å²) in [6, 6.07) is 19.4. The van der Waals surface area contributed by atoms with Gasteiger partial charge in [-0.3, -0.25) is 0 Å². The third-order valence-corrected chi connectivity index (χ3v) is 5.39. The summed E-state index contributed by atoms with van der Waals surface area (Å²) >= 11 is 3.71. The van der Waals surface area contributed by atoms with E-state index < -0.39 is 0 Å². The fraction of sp³-hybridized carbons (Fsp3) is 0.167. The van der Waals surface area contributed by atoms with Crippen LogP contribution >= 0.6 is 23.1 Å². The van der Waals surface area contributed by atoms with Crippen molar-refractivity contribution in [1.82, 2.24) is 0 Å². The molecule has 0 aliphatic carbocycles. The minimum Gasteiger partial charge on any atom is -1.00 e. The molecular weight excluding hydrogens is 374 g/mol. The molecule has 3 rings (SSSR count). The molecular formula is C18H18BrNS2. The van der Waals surface area contributed by atoms with Crippen LogP contribution in [0.2, 0.25) is 0 Å². The molecule has 0 atom stereocenters. The molecule has 0 amide bonds. The Morgan fingerprint density at radius 2 is 1.68 bits per heavy atom. The lowest BCUT2D eigenvalue weighted by atomic mass is 10.1. The van der Waals surface area contributed by atoms with E-state index in [2.05, 4.69) is 78.5 Å². The molecule has 2 aromatic carbocycles. The van der Waals surface area contributed by atoms with Gasteiger partial charge in [-0.05, 0) is 12.5 Å². The zero-order valence-electron chi connectivity index (χ0n) is 12.6. The molecule has 1 heterocycles. The molecule has 0 aliphatic rings. The zero-order valence-corrected chi connectivity index (χ0v) is 15.8. The van der Waals surface area contributed by atoms with Crippen LogP contribution in [0.3, 0.4) is 0 Å². The van der Waals surface area contributed by atoms with Gasteiger partial charge >= 0.3 is 0 Å². The Kier molecular flexibility index (Phi) is 6.24. The van der Waals surface area contributed by atoms with E-state index in [1.807, 2.05) is 23.1 Å². The van der Waals surface area contributed by atoms with Crippen LogP contribution in [0.4, 0.5) is 0 Å². The Morgan fingerprint density at radius 3 is 2.32 bits per heavy atom. The highest BCUT2D eigenvalue weighted by Crippen LogP contribution is 2.34. The van der Waals surface area contributed by atoms with E-state index in [-0.39, 0.29) is 17.0 Å². The average Bonchev–Trinajstić information content (AvgIpc) is 2.93. The van der Waals surface area contributed by atoms with Gasteiger partial charge in [-0.1, -0.05) is 78.1 Å². The molecule has 0 spiro atoms. The largest absolute Gasteiger partial charge is 1.00 e. The fourth-order valence-corrected chi connectivity index (χ4v) is 4.36. The number of para-hydroxylation sites is 1. The predicted octanol–water partition coefficient (Wildman–Crippen LogP) is 2.12. The highest BCUT2D eigenvalue weighted by Gasteiger charge is 2.22. The van der Waals surface area contributed by atoms with Gasteiger partial charge in [0.1, 0.15) is 4.88 Å². The van der Waals surface area contributed by atoms with Crippen LogP contribution in [0.25, 0.3) is 16.1 Å². The summed E-state index contributed by atoms with van der Waals surface area (Å²) in [6.45, 7) is 4.33. The third kappa shape index (κ3) is 3.62. The summed E-state index contributed by atoms with van der Waals surface area (Å²) < 4.78 is 2.30. The van der Waals surface area contributed by atoms with Gasteiger partial charge < -0.3 is 17.0 Å². The summed E-state index contributed by atoms with van der Waals surface area (Å²) in [5.41, 5.74) is 6.04. The van der Waals surface area contributed by atoms with Gasteiger partial charge in [0.15, 0.2) is 0 Å². The summed E-state index contributed by atoms with van der Waals surface area (Å²) in [6.07, 6.45) is 0. The number of hydrogen-bond donors (Lipinski definition) is 0. The summed E-state index contributed by atoms with van der Waals surface area (Å²) in [5.74, 6) is 1.07. The summed E-state index contributed by atoms with van der Waals surface area (Å²) in [4.78, 5) is 1.35. The second-order valence-corrected chi connectivity index (χ2v) is 6.97. The van der Waals surface area contributed by atoms with Crippen molar-refractivity contribution < 1.29 is 21.5 Å². The van der Waals surface area contributed by atoms with Gasteiger partial charge in [-0.25, -0.2) is 0 Å². The molecule has 1 aromatic heterocycles. The van der Waals surface area contributed by atoms with Crippen LogP contribution in [-0.2, 0) is 0 Å². The van der Waals surface area contributed by atoms with Crippen LogP contribution in [-0.4, -0.2) is 5.75 Å². The van der Waals surface area contributed by atoms with E-state index in [9.17, 15) is 0 Å². The Labute approximate surface area is 150 Å². The molecule has 0 bridgehead atoms. The van der Waals surface area contributed by atoms with E-state index in [4.69, 9.17) is 0 Å². The van der Waals surface area contributed by atoms with Gasteiger partial charge in [0, 0.05) is 17.9 Å². The van der Waals surface area contributed by atoms with E-state index in [0.29, 0.717) is 0 Å². The Morgan fingerprint density at radius 1 is 1.00 bits per heavy atom. The lowest BCUT2D eigenvalue weighted by Crippen LogP contribution is -3.00. The molecule has 1 nitrogen and oxygen atoms in total. The lowest BCUT2D eigenvalue weighted by Gasteiger charge is -2.01. The second kappa shape index (κ2) is 7.95. The number of aromatic nitrogens is 1. The van der Waals surface area contributed by atoms with Gasteiger partial charge in [0.25, 0.3) is 5.03 Å². The molecule has 0 unspecified atom stereocenters. The van der Waals surface area contributed by atoms with Crippen LogP contribution < -0.4 is 21.5 Å². The van der Waals surface area contributed by atoms with Crippen LogP contribution in [0.5, 0.6) is 0 Å². The minimum absolute atomic E-state index is 0. The monoisotopic (exact) mass is 391 g/mol. The smallest absolute Gasteiger partial charge is 0.264 e. The second-order valence-electron chi connectivity index (χ2n) is 4.86. The maximum Gasteiger partial charge on any atom is 0.264 e. The molecule has 0 saturated heterocycles. The first-order valence-corrected chi connectivity index (χ1v) is 8.94. The Balaban J connectivity index is 0.00000176. The van der Waals surface area contributed by atoms with Crippen molar-refractivity contribution in [1.29, 1.82) is 0 Å². The van der Waals surface area contributed by atoms with Crippen molar-refractivity contribution in [2.24, 2.45) is 0 Å². The van der Waals surface area contributed by atoms with Crippen molar-refractivity contribution in [3.8, 4) is 16.1 Å². The Hall–Kier alpha value is -1.10. The van der Waals surface area contributed by atoms with E-state index in [0.717, 1.165) is 5.75 Å². The zero-order chi connectivity index (χ0) is 14.7. The van der Waals surface area contributed by atoms with Crippen molar-refractivity contribution >= 4 is 23.1 Å². The lowest BCUT2D eigenvalue weighted by molar-refractivity contribution is -0.629. The van der Waals surface area contributed by atoms with Crippen molar-refractivity contribution in [2.45, 2.75) is 18.9 Å². The number of hydrogen-bond acceptors (Lipinski definition) is 2. The summed E-state index contributed by atoms with van der Waals surface area (Å²) in [5, 5.41) is 1.33. The highest BCUT2D eigenvalue weighted by atomic mass is 79.9. The topological polar surface area (TPSA) is 3.88 Å². The quantitative estimate of drug-likeness (QED) is 0.486. The fourth-order valence-electron chi connectivity index (χ4n) is 2.25. The highest BCUT2D eigenvalue weighted by molar-refractivity contribution is 7.99. The maximum atomic E-state index is 2.30. The van der Waals surface area contributed by atoms with Crippen molar-refractivity contribution in [3.63, 3.8) is 0 Å². The number of benzene rings is 2. The number of halogens is 1. The van der Waals surface area contributed by atoms with Crippen LogP contribution in [0, 0.1) is 6.92 Å². The molecule has 114 valence electrons. The molecule has 0 aliphatic heterocycles. The van der Waals surface area contributed by atoms with E-state index in [1.54, 1.807) is 0 Å². The first-order valence-electron chi connectivity index (χ1n) is 7.08. The first-order chi connectivity index (χ1) is 10.3. The maximum absolute atomic E-state index is 2.30. The van der Waals surface area contributed by atoms with Crippen LogP contribution in [0.1, 0.15) is 12.5 Å². The minimum atomic E-state index is 0. The number of thiazole rings is 1. The number of rotatable bonds is 4. The predicted molar refractivity (Wildman–Crippen MR) is 92.4 cm³/mol. The average molecular weight is 392 g/mol. The molecule has 4 heteroatoms. The molecule has 0 N–H and O–H groups in total. The normalized spacial score (nSPS) is 10.3. The van der Waals surface area contributed by atoms with Gasteiger partial charge in [-0.15, -0.1) is 4.57 Å². The van der Waals surface area contributed by atoms with Crippen LogP contribution in [0.15, 0.2) is 65.1 Å². The summed E-state index contributed by atoms with van der Waals surface area (Å²) in [7, 11) is 0. The van der Waals surface area contributed by atoms with E-state index in [1.165, 1.54) is 26.7 Å². The molecule has 0 fully saturated rings. The van der Waals surface area contributed by atoms with Crippen molar-refractivity contribution in [2.75, 3.05) is 5.75 Å². The molecule has 0 saturated carbocycles. The number of aryl methyl sites for hydroxylation is 1. The number of thioether (sulfide) groups is 1. The molecule has 3 aromatic rings. The SMILES string of the molecule is CCSc1c(-c2ccc(C)cc2)sc[n+]1-c1ccccc1.[Br-]. The van der Waals surface area contributed by atoms with Gasteiger partial charge in [0.2, 0.25) is 11.2 Å².